The second-order valence-electron chi connectivity index (χ2n) is 6.20. The summed E-state index contributed by atoms with van der Waals surface area (Å²) < 4.78 is 0.969. The number of rotatable bonds is 3. The third-order valence-electron chi connectivity index (χ3n) is 4.29. The van der Waals surface area contributed by atoms with E-state index in [0.717, 1.165) is 34.1 Å². The SMILES string of the molecule is CC1=C(C(=O)N(C)C)[C@@H](c2ccccc2Br)NC(=S)N1C1CC1. The normalized spacial score (nSPS) is 21.3. The van der Waals surface area contributed by atoms with Gasteiger partial charge in [0.1, 0.15) is 0 Å². The van der Waals surface area contributed by atoms with E-state index in [1.54, 1.807) is 19.0 Å². The van der Waals surface area contributed by atoms with Gasteiger partial charge in [-0.05, 0) is 43.6 Å². The minimum atomic E-state index is -0.233. The average Bonchev–Trinajstić information content (AvgIpc) is 3.31. The number of benzene rings is 1. The van der Waals surface area contributed by atoms with E-state index >= 15 is 0 Å². The van der Waals surface area contributed by atoms with Crippen LogP contribution in [0.25, 0.3) is 0 Å². The molecule has 0 bridgehead atoms. The van der Waals surface area contributed by atoms with Crippen molar-refractivity contribution in [3.63, 3.8) is 0 Å². The highest BCUT2D eigenvalue weighted by atomic mass is 79.9. The molecule has 1 N–H and O–H groups in total. The smallest absolute Gasteiger partial charge is 0.253 e. The molecule has 0 saturated heterocycles. The lowest BCUT2D eigenvalue weighted by Crippen LogP contribution is -2.49. The number of hydrogen-bond acceptors (Lipinski definition) is 2. The number of halogens is 1. The van der Waals surface area contributed by atoms with Crippen LogP contribution in [0.4, 0.5) is 0 Å². The molecule has 0 radical (unpaired) electrons. The summed E-state index contributed by atoms with van der Waals surface area (Å²) in [5, 5.41) is 4.09. The molecular weight excluding hydrogens is 374 g/mol. The number of thiocarbonyl (C=S) groups is 1. The highest BCUT2D eigenvalue weighted by molar-refractivity contribution is 9.10. The highest BCUT2D eigenvalue weighted by Crippen LogP contribution is 2.39. The van der Waals surface area contributed by atoms with Crippen molar-refractivity contribution >= 4 is 39.2 Å². The first-order valence-electron chi connectivity index (χ1n) is 7.68. The van der Waals surface area contributed by atoms with E-state index in [4.69, 9.17) is 12.2 Å². The topological polar surface area (TPSA) is 35.6 Å². The maximum Gasteiger partial charge on any atom is 0.253 e. The van der Waals surface area contributed by atoms with Crippen LogP contribution in [0, 0.1) is 0 Å². The molecule has 1 aromatic rings. The standard InChI is InChI=1S/C17H20BrN3OS/c1-10-14(16(22)20(2)3)15(12-6-4-5-7-13(12)18)19-17(23)21(10)11-8-9-11/h4-7,11,15H,8-9H2,1-3H3,(H,19,23)/t15-/m1/s1. The molecule has 0 spiro atoms. The Morgan fingerprint density at radius 1 is 1.35 bits per heavy atom. The molecule has 1 atom stereocenters. The van der Waals surface area contributed by atoms with Crippen LogP contribution in [0.5, 0.6) is 0 Å². The zero-order valence-electron chi connectivity index (χ0n) is 13.5. The van der Waals surface area contributed by atoms with Crippen molar-refractivity contribution in [2.24, 2.45) is 0 Å². The van der Waals surface area contributed by atoms with E-state index < -0.39 is 0 Å². The zero-order valence-corrected chi connectivity index (χ0v) is 15.9. The van der Waals surface area contributed by atoms with Crippen molar-refractivity contribution in [3.05, 3.63) is 45.6 Å². The van der Waals surface area contributed by atoms with Crippen molar-refractivity contribution in [2.75, 3.05) is 14.1 Å². The Balaban J connectivity index is 2.12. The molecule has 0 unspecified atom stereocenters. The van der Waals surface area contributed by atoms with Crippen LogP contribution in [0.3, 0.4) is 0 Å². The van der Waals surface area contributed by atoms with Crippen LogP contribution < -0.4 is 5.32 Å². The van der Waals surface area contributed by atoms with Gasteiger partial charge in [0, 0.05) is 30.3 Å². The van der Waals surface area contributed by atoms with E-state index in [1.807, 2.05) is 31.2 Å². The molecule has 6 heteroatoms. The Labute approximate surface area is 150 Å². The molecule has 1 heterocycles. The minimum absolute atomic E-state index is 0.0175. The van der Waals surface area contributed by atoms with Crippen molar-refractivity contribution in [3.8, 4) is 0 Å². The van der Waals surface area contributed by atoms with Gasteiger partial charge in [-0.25, -0.2) is 0 Å². The van der Waals surface area contributed by atoms with Crippen LogP contribution in [-0.2, 0) is 4.79 Å². The first kappa shape index (κ1) is 16.5. The molecule has 3 rings (SSSR count). The quantitative estimate of drug-likeness (QED) is 0.799. The molecule has 23 heavy (non-hydrogen) atoms. The summed E-state index contributed by atoms with van der Waals surface area (Å²) in [7, 11) is 3.57. The predicted octanol–water partition coefficient (Wildman–Crippen LogP) is 3.20. The van der Waals surface area contributed by atoms with E-state index in [9.17, 15) is 4.79 Å². The molecule has 4 nitrogen and oxygen atoms in total. The van der Waals surface area contributed by atoms with Gasteiger partial charge >= 0.3 is 0 Å². The predicted molar refractivity (Wildman–Crippen MR) is 98.9 cm³/mol. The number of amides is 1. The van der Waals surface area contributed by atoms with Gasteiger partial charge in [0.05, 0.1) is 11.6 Å². The number of hydrogen-bond donors (Lipinski definition) is 1. The number of likely N-dealkylation sites (N-methyl/N-ethyl adjacent to an activating group) is 1. The lowest BCUT2D eigenvalue weighted by molar-refractivity contribution is -0.125. The fourth-order valence-electron chi connectivity index (χ4n) is 2.99. The van der Waals surface area contributed by atoms with Gasteiger partial charge < -0.3 is 15.1 Å². The van der Waals surface area contributed by atoms with Gasteiger partial charge in [0.25, 0.3) is 5.91 Å². The summed E-state index contributed by atoms with van der Waals surface area (Å²) in [5.74, 6) is 0.0175. The molecule has 1 amide bonds. The number of allylic oxidation sites excluding steroid dienone is 1. The monoisotopic (exact) mass is 393 g/mol. The first-order chi connectivity index (χ1) is 10.9. The van der Waals surface area contributed by atoms with Crippen molar-refractivity contribution in [2.45, 2.75) is 31.8 Å². The van der Waals surface area contributed by atoms with Crippen LogP contribution in [0.1, 0.15) is 31.4 Å². The molecular formula is C17H20BrN3OS. The molecule has 1 fully saturated rings. The molecule has 122 valence electrons. The maximum absolute atomic E-state index is 12.8. The number of carbonyl (C=O) groups is 1. The zero-order chi connectivity index (χ0) is 16.7. The van der Waals surface area contributed by atoms with Gasteiger partial charge in [-0.3, -0.25) is 4.79 Å². The lowest BCUT2D eigenvalue weighted by atomic mass is 9.94. The number of nitrogens with one attached hydrogen (secondary N) is 1. The maximum atomic E-state index is 12.8. The average molecular weight is 394 g/mol. The van der Waals surface area contributed by atoms with Gasteiger partial charge in [0.15, 0.2) is 5.11 Å². The largest absolute Gasteiger partial charge is 0.351 e. The molecule has 1 aromatic carbocycles. The Kier molecular flexibility index (Phi) is 4.47. The number of nitrogens with zero attached hydrogens (tertiary/aromatic N) is 2. The molecule has 2 aliphatic rings. The summed E-state index contributed by atoms with van der Waals surface area (Å²) >= 11 is 9.18. The van der Waals surface area contributed by atoms with Crippen LogP contribution in [-0.4, -0.2) is 41.0 Å². The first-order valence-corrected chi connectivity index (χ1v) is 8.88. The van der Waals surface area contributed by atoms with E-state index in [-0.39, 0.29) is 11.9 Å². The Morgan fingerprint density at radius 2 is 2.00 bits per heavy atom. The summed E-state index contributed by atoms with van der Waals surface area (Å²) in [6.07, 6.45) is 2.25. The van der Waals surface area contributed by atoms with E-state index in [0.29, 0.717) is 11.2 Å². The molecule has 1 aliphatic carbocycles. The van der Waals surface area contributed by atoms with Crippen LogP contribution in [0.15, 0.2) is 40.0 Å². The molecule has 0 aromatic heterocycles. The fraction of sp³-hybridized carbons (Fsp3) is 0.412. The lowest BCUT2D eigenvalue weighted by Gasteiger charge is -2.39. The third kappa shape index (κ3) is 3.02. The van der Waals surface area contributed by atoms with Crippen molar-refractivity contribution in [1.82, 2.24) is 15.1 Å². The van der Waals surface area contributed by atoms with Crippen molar-refractivity contribution < 1.29 is 4.79 Å². The third-order valence-corrected chi connectivity index (χ3v) is 5.33. The Bertz CT molecular complexity index is 697. The fourth-order valence-corrected chi connectivity index (χ4v) is 3.91. The highest BCUT2D eigenvalue weighted by Gasteiger charge is 2.40. The summed E-state index contributed by atoms with van der Waals surface area (Å²) in [5.41, 5.74) is 2.76. The summed E-state index contributed by atoms with van der Waals surface area (Å²) in [6, 6.07) is 8.15. The summed E-state index contributed by atoms with van der Waals surface area (Å²) in [6.45, 7) is 2.01. The van der Waals surface area contributed by atoms with Crippen molar-refractivity contribution in [1.29, 1.82) is 0 Å². The van der Waals surface area contributed by atoms with Gasteiger partial charge in [-0.1, -0.05) is 34.1 Å². The van der Waals surface area contributed by atoms with Gasteiger partial charge in [0.2, 0.25) is 0 Å². The molecule has 1 aliphatic heterocycles. The van der Waals surface area contributed by atoms with E-state index in [2.05, 4.69) is 26.1 Å². The van der Waals surface area contributed by atoms with Gasteiger partial charge in [-0.2, -0.15) is 0 Å². The van der Waals surface area contributed by atoms with E-state index in [1.165, 1.54) is 0 Å². The minimum Gasteiger partial charge on any atom is -0.351 e. The second kappa shape index (κ2) is 6.24. The molecule has 1 saturated carbocycles. The number of carbonyl (C=O) groups excluding carboxylic acids is 1. The Morgan fingerprint density at radius 3 is 2.57 bits per heavy atom. The van der Waals surface area contributed by atoms with Crippen LogP contribution in [0.2, 0.25) is 0 Å². The second-order valence-corrected chi connectivity index (χ2v) is 7.44. The summed E-state index contributed by atoms with van der Waals surface area (Å²) in [4.78, 5) is 16.6. The van der Waals surface area contributed by atoms with Crippen LogP contribution >= 0.6 is 28.1 Å². The van der Waals surface area contributed by atoms with Gasteiger partial charge in [-0.15, -0.1) is 0 Å². The Hall–Kier alpha value is -1.40.